The van der Waals surface area contributed by atoms with Gasteiger partial charge in [-0.25, -0.2) is 0 Å². The van der Waals surface area contributed by atoms with Crippen molar-refractivity contribution >= 4 is 17.6 Å². The second-order valence-electron chi connectivity index (χ2n) is 3.89. The number of ether oxygens (including phenoxy) is 1. The van der Waals surface area contributed by atoms with Crippen molar-refractivity contribution in [2.75, 3.05) is 6.61 Å². The van der Waals surface area contributed by atoms with Gasteiger partial charge in [0.05, 0.1) is 6.61 Å². The van der Waals surface area contributed by atoms with Crippen LogP contribution in [0.4, 0.5) is 0 Å². The number of halogens is 1. The minimum absolute atomic E-state index is 0.00359. The van der Waals surface area contributed by atoms with Crippen molar-refractivity contribution in [1.82, 2.24) is 10.1 Å². The predicted octanol–water partition coefficient (Wildman–Crippen LogP) is 2.42. The summed E-state index contributed by atoms with van der Waals surface area (Å²) in [6, 6.07) is 7.42. The van der Waals surface area contributed by atoms with Gasteiger partial charge in [0, 0.05) is 11.4 Å². The Morgan fingerprint density at radius 3 is 3.05 bits per heavy atom. The molecule has 0 saturated carbocycles. The number of carbonyl (C=O) groups excluding carboxylic acids is 1. The van der Waals surface area contributed by atoms with E-state index in [9.17, 15) is 4.79 Å². The minimum atomic E-state index is -0.375. The van der Waals surface area contributed by atoms with Gasteiger partial charge in [0.25, 0.3) is 0 Å². The maximum atomic E-state index is 11.3. The Bertz CT molecular complexity index is 569. The van der Waals surface area contributed by atoms with Crippen LogP contribution in [0.15, 0.2) is 28.8 Å². The minimum Gasteiger partial charge on any atom is -0.466 e. The van der Waals surface area contributed by atoms with Crippen LogP contribution in [0.5, 0.6) is 0 Å². The summed E-state index contributed by atoms with van der Waals surface area (Å²) in [5, 5.41) is 4.48. The third kappa shape index (κ3) is 4.06. The third-order valence-electron chi connectivity index (χ3n) is 2.36. The lowest BCUT2D eigenvalue weighted by Crippen LogP contribution is -2.07. The largest absolute Gasteiger partial charge is 0.466 e. The smallest absolute Gasteiger partial charge is 0.315 e. The van der Waals surface area contributed by atoms with Crippen LogP contribution in [-0.4, -0.2) is 22.7 Å². The highest BCUT2D eigenvalue weighted by Gasteiger charge is 2.12. The van der Waals surface area contributed by atoms with Crippen molar-refractivity contribution in [1.29, 1.82) is 0 Å². The molecule has 0 unspecified atom stereocenters. The Morgan fingerprint density at radius 1 is 1.47 bits per heavy atom. The Balaban J connectivity index is 1.99. The number of esters is 1. The van der Waals surface area contributed by atoms with Crippen molar-refractivity contribution in [3.05, 3.63) is 46.6 Å². The first kappa shape index (κ1) is 13.5. The molecule has 0 amide bonds. The molecule has 100 valence electrons. The summed E-state index contributed by atoms with van der Waals surface area (Å²) < 4.78 is 9.79. The molecule has 1 heterocycles. The highest BCUT2D eigenvalue weighted by atomic mass is 35.5. The van der Waals surface area contributed by atoms with Crippen LogP contribution >= 0.6 is 11.6 Å². The predicted molar refractivity (Wildman–Crippen MR) is 68.9 cm³/mol. The lowest BCUT2D eigenvalue weighted by molar-refractivity contribution is -0.142. The Hall–Kier alpha value is -1.88. The molecule has 6 heteroatoms. The fraction of sp³-hybridized carbons (Fsp3) is 0.308. The molecule has 19 heavy (non-hydrogen) atoms. The normalized spacial score (nSPS) is 10.4. The first-order valence-corrected chi connectivity index (χ1v) is 6.26. The molecule has 5 nitrogen and oxygen atoms in total. The molecule has 0 saturated heterocycles. The molecule has 0 aliphatic heterocycles. The van der Waals surface area contributed by atoms with Crippen molar-refractivity contribution in [2.45, 2.75) is 19.8 Å². The molecule has 2 aromatic rings. The zero-order valence-electron chi connectivity index (χ0n) is 10.4. The molecule has 0 spiro atoms. The van der Waals surface area contributed by atoms with Gasteiger partial charge in [0.2, 0.25) is 5.89 Å². The molecular formula is C13H13ClN2O3. The second kappa shape index (κ2) is 6.33. The van der Waals surface area contributed by atoms with Gasteiger partial charge in [-0.1, -0.05) is 28.9 Å². The number of hydrogen-bond acceptors (Lipinski definition) is 5. The molecule has 0 bridgehead atoms. The van der Waals surface area contributed by atoms with Crippen LogP contribution in [0.1, 0.15) is 24.2 Å². The molecule has 0 aliphatic carbocycles. The van der Waals surface area contributed by atoms with E-state index in [0.717, 1.165) is 5.56 Å². The summed E-state index contributed by atoms with van der Waals surface area (Å²) in [6.45, 7) is 2.08. The van der Waals surface area contributed by atoms with Crippen LogP contribution in [0, 0.1) is 0 Å². The van der Waals surface area contributed by atoms with Crippen LogP contribution < -0.4 is 0 Å². The van der Waals surface area contributed by atoms with Gasteiger partial charge in [-0.15, -0.1) is 0 Å². The van der Waals surface area contributed by atoms with Crippen molar-refractivity contribution in [3.63, 3.8) is 0 Å². The van der Waals surface area contributed by atoms with Gasteiger partial charge in [0.1, 0.15) is 6.42 Å². The lowest BCUT2D eigenvalue weighted by atomic mass is 10.1. The Kier molecular flexibility index (Phi) is 4.52. The number of hydrogen-bond donors (Lipinski definition) is 0. The molecule has 1 aromatic carbocycles. The summed E-state index contributed by atoms with van der Waals surface area (Å²) in [5.41, 5.74) is 0.982. The van der Waals surface area contributed by atoms with Gasteiger partial charge >= 0.3 is 5.97 Å². The maximum absolute atomic E-state index is 11.3. The molecule has 0 N–H and O–H groups in total. The van der Waals surface area contributed by atoms with E-state index in [1.54, 1.807) is 13.0 Å². The Labute approximate surface area is 115 Å². The fourth-order valence-electron chi connectivity index (χ4n) is 1.60. The number of benzene rings is 1. The summed E-state index contributed by atoms with van der Waals surface area (Å²) >= 11 is 5.89. The number of rotatable bonds is 5. The van der Waals surface area contributed by atoms with Crippen LogP contribution in [0.3, 0.4) is 0 Å². The van der Waals surface area contributed by atoms with E-state index in [-0.39, 0.29) is 18.3 Å². The van der Waals surface area contributed by atoms with Crippen molar-refractivity contribution < 1.29 is 14.1 Å². The number of nitrogens with zero attached hydrogens (tertiary/aromatic N) is 2. The molecule has 1 aromatic heterocycles. The zero-order valence-corrected chi connectivity index (χ0v) is 11.2. The standard InChI is InChI=1S/C13H13ClN2O3/c1-2-18-13(17)8-12-15-11(16-19-12)7-9-4-3-5-10(14)6-9/h3-6H,2,7-8H2,1H3. The van der Waals surface area contributed by atoms with E-state index in [1.165, 1.54) is 0 Å². The van der Waals surface area contributed by atoms with E-state index in [2.05, 4.69) is 10.1 Å². The molecular weight excluding hydrogens is 268 g/mol. The van der Waals surface area contributed by atoms with E-state index in [0.29, 0.717) is 23.9 Å². The van der Waals surface area contributed by atoms with Crippen LogP contribution in [0.2, 0.25) is 5.02 Å². The second-order valence-corrected chi connectivity index (χ2v) is 4.33. The summed E-state index contributed by atoms with van der Waals surface area (Å²) in [6.07, 6.45) is 0.503. The number of aromatic nitrogens is 2. The first-order chi connectivity index (χ1) is 9.17. The van der Waals surface area contributed by atoms with Gasteiger partial charge < -0.3 is 9.26 Å². The lowest BCUT2D eigenvalue weighted by Gasteiger charge is -1.97. The van der Waals surface area contributed by atoms with E-state index in [4.69, 9.17) is 20.9 Å². The zero-order chi connectivity index (χ0) is 13.7. The average molecular weight is 281 g/mol. The van der Waals surface area contributed by atoms with Gasteiger partial charge in [-0.05, 0) is 24.6 Å². The van der Waals surface area contributed by atoms with Gasteiger partial charge in [0.15, 0.2) is 5.82 Å². The Morgan fingerprint density at radius 2 is 2.32 bits per heavy atom. The SMILES string of the molecule is CCOC(=O)Cc1nc(Cc2cccc(Cl)c2)no1. The first-order valence-electron chi connectivity index (χ1n) is 5.89. The molecule has 0 radical (unpaired) electrons. The van der Waals surface area contributed by atoms with Crippen LogP contribution in [0.25, 0.3) is 0 Å². The number of carbonyl (C=O) groups is 1. The van der Waals surface area contributed by atoms with E-state index >= 15 is 0 Å². The average Bonchev–Trinajstić information content (AvgIpc) is 2.76. The monoisotopic (exact) mass is 280 g/mol. The quantitative estimate of drug-likeness (QED) is 0.787. The topological polar surface area (TPSA) is 65.2 Å². The maximum Gasteiger partial charge on any atom is 0.315 e. The molecule has 0 aliphatic rings. The van der Waals surface area contributed by atoms with E-state index < -0.39 is 0 Å². The van der Waals surface area contributed by atoms with Gasteiger partial charge in [-0.2, -0.15) is 4.98 Å². The fourth-order valence-corrected chi connectivity index (χ4v) is 1.81. The highest BCUT2D eigenvalue weighted by molar-refractivity contribution is 6.30. The van der Waals surface area contributed by atoms with Crippen molar-refractivity contribution in [3.8, 4) is 0 Å². The van der Waals surface area contributed by atoms with Gasteiger partial charge in [-0.3, -0.25) is 4.79 Å². The molecule has 2 rings (SSSR count). The van der Waals surface area contributed by atoms with Crippen LogP contribution in [-0.2, 0) is 22.4 Å². The summed E-state index contributed by atoms with van der Waals surface area (Å²) in [4.78, 5) is 15.4. The van der Waals surface area contributed by atoms with Crippen molar-refractivity contribution in [2.24, 2.45) is 0 Å². The van der Waals surface area contributed by atoms with E-state index in [1.807, 2.05) is 18.2 Å². The molecule has 0 fully saturated rings. The summed E-state index contributed by atoms with van der Waals surface area (Å²) in [7, 11) is 0. The molecule has 0 atom stereocenters. The third-order valence-corrected chi connectivity index (χ3v) is 2.60. The highest BCUT2D eigenvalue weighted by Crippen LogP contribution is 2.13. The summed E-state index contributed by atoms with van der Waals surface area (Å²) in [5.74, 6) is 0.400.